The van der Waals surface area contributed by atoms with Crippen molar-refractivity contribution in [2.24, 2.45) is 11.5 Å². The van der Waals surface area contributed by atoms with Crippen molar-refractivity contribution in [3.8, 4) is 0 Å². The molecule has 0 bridgehead atoms. The van der Waals surface area contributed by atoms with E-state index < -0.39 is 11.4 Å². The van der Waals surface area contributed by atoms with E-state index in [1.54, 1.807) is 6.92 Å². The SMILES string of the molecule is CCOCCN(C)CCCC(C)(N)C(N)=O. The van der Waals surface area contributed by atoms with Crippen LogP contribution < -0.4 is 11.5 Å². The maximum absolute atomic E-state index is 11.0. The minimum absolute atomic E-state index is 0.440. The Kier molecular flexibility index (Phi) is 7.29. The van der Waals surface area contributed by atoms with E-state index >= 15 is 0 Å². The molecule has 0 aliphatic carbocycles. The highest BCUT2D eigenvalue weighted by atomic mass is 16.5. The number of hydrogen-bond donors (Lipinski definition) is 2. The van der Waals surface area contributed by atoms with Gasteiger partial charge in [-0.1, -0.05) is 0 Å². The van der Waals surface area contributed by atoms with Crippen molar-refractivity contribution in [3.05, 3.63) is 0 Å². The Morgan fingerprint density at radius 3 is 2.56 bits per heavy atom. The average molecular weight is 231 g/mol. The van der Waals surface area contributed by atoms with Gasteiger partial charge < -0.3 is 21.1 Å². The summed E-state index contributed by atoms with van der Waals surface area (Å²) < 4.78 is 5.25. The molecule has 0 aliphatic heterocycles. The Balaban J connectivity index is 3.61. The van der Waals surface area contributed by atoms with E-state index in [4.69, 9.17) is 16.2 Å². The molecule has 5 nitrogen and oxygen atoms in total. The zero-order valence-electron chi connectivity index (χ0n) is 10.7. The van der Waals surface area contributed by atoms with Crippen molar-refractivity contribution >= 4 is 5.91 Å². The lowest BCUT2D eigenvalue weighted by molar-refractivity contribution is -0.122. The molecule has 1 unspecified atom stereocenters. The second kappa shape index (κ2) is 7.60. The van der Waals surface area contributed by atoms with Crippen LogP contribution in [0.15, 0.2) is 0 Å². The topological polar surface area (TPSA) is 81.6 Å². The standard InChI is InChI=1S/C11H25N3O2/c1-4-16-9-8-14(3)7-5-6-11(2,13)10(12)15/h4-9,13H2,1-3H3,(H2,12,15). The fraction of sp³-hybridized carbons (Fsp3) is 0.909. The normalized spacial score (nSPS) is 15.1. The molecule has 0 radical (unpaired) electrons. The molecule has 0 aromatic heterocycles. The van der Waals surface area contributed by atoms with Gasteiger partial charge in [0.25, 0.3) is 0 Å². The Morgan fingerprint density at radius 2 is 2.06 bits per heavy atom. The first-order valence-electron chi connectivity index (χ1n) is 5.75. The zero-order chi connectivity index (χ0) is 12.6. The quantitative estimate of drug-likeness (QED) is 0.545. The van der Waals surface area contributed by atoms with E-state index in [-0.39, 0.29) is 0 Å². The summed E-state index contributed by atoms with van der Waals surface area (Å²) in [6.45, 7) is 6.93. The predicted octanol–water partition coefficient (Wildman–Crippen LogP) is -0.0624. The smallest absolute Gasteiger partial charge is 0.237 e. The summed E-state index contributed by atoms with van der Waals surface area (Å²) in [4.78, 5) is 13.1. The lowest BCUT2D eigenvalue weighted by Crippen LogP contribution is -2.49. The third-order valence-corrected chi connectivity index (χ3v) is 2.62. The summed E-state index contributed by atoms with van der Waals surface area (Å²) in [5.74, 6) is -0.440. The molecule has 0 aromatic rings. The van der Waals surface area contributed by atoms with Crippen molar-refractivity contribution in [3.63, 3.8) is 0 Å². The molecule has 0 heterocycles. The van der Waals surface area contributed by atoms with E-state index in [1.807, 2.05) is 14.0 Å². The molecule has 0 saturated heterocycles. The van der Waals surface area contributed by atoms with Crippen LogP contribution in [-0.4, -0.2) is 49.7 Å². The van der Waals surface area contributed by atoms with E-state index in [0.29, 0.717) is 6.42 Å². The fourth-order valence-electron chi connectivity index (χ4n) is 1.32. The molecule has 0 fully saturated rings. The molecule has 5 heteroatoms. The van der Waals surface area contributed by atoms with Crippen molar-refractivity contribution in [2.75, 3.05) is 33.4 Å². The molecule has 4 N–H and O–H groups in total. The molecule has 0 aromatic carbocycles. The van der Waals surface area contributed by atoms with Crippen LogP contribution in [0.5, 0.6) is 0 Å². The molecular weight excluding hydrogens is 206 g/mol. The van der Waals surface area contributed by atoms with Crippen LogP contribution in [0.3, 0.4) is 0 Å². The van der Waals surface area contributed by atoms with E-state index in [0.717, 1.165) is 32.7 Å². The Hall–Kier alpha value is -0.650. The molecule has 0 rings (SSSR count). The highest BCUT2D eigenvalue weighted by Gasteiger charge is 2.24. The largest absolute Gasteiger partial charge is 0.380 e. The second-order valence-corrected chi connectivity index (χ2v) is 4.39. The molecular formula is C11H25N3O2. The third-order valence-electron chi connectivity index (χ3n) is 2.62. The summed E-state index contributed by atoms with van der Waals surface area (Å²) >= 11 is 0. The number of ether oxygens (including phenoxy) is 1. The van der Waals surface area contributed by atoms with Gasteiger partial charge in [-0.25, -0.2) is 0 Å². The van der Waals surface area contributed by atoms with Gasteiger partial charge in [-0.3, -0.25) is 4.79 Å². The number of nitrogens with zero attached hydrogens (tertiary/aromatic N) is 1. The number of rotatable bonds is 9. The third kappa shape index (κ3) is 6.76. The van der Waals surface area contributed by atoms with Gasteiger partial charge in [0.1, 0.15) is 0 Å². The number of hydrogen-bond acceptors (Lipinski definition) is 4. The van der Waals surface area contributed by atoms with Gasteiger partial charge in [-0.2, -0.15) is 0 Å². The van der Waals surface area contributed by atoms with Crippen molar-refractivity contribution in [1.82, 2.24) is 4.90 Å². The van der Waals surface area contributed by atoms with Crippen LogP contribution in [0.4, 0.5) is 0 Å². The van der Waals surface area contributed by atoms with Crippen molar-refractivity contribution in [2.45, 2.75) is 32.2 Å². The first kappa shape index (κ1) is 15.3. The first-order chi connectivity index (χ1) is 7.40. The lowest BCUT2D eigenvalue weighted by Gasteiger charge is -2.22. The van der Waals surface area contributed by atoms with Crippen LogP contribution in [0.2, 0.25) is 0 Å². The monoisotopic (exact) mass is 231 g/mol. The highest BCUT2D eigenvalue weighted by Crippen LogP contribution is 2.08. The van der Waals surface area contributed by atoms with Gasteiger partial charge in [-0.15, -0.1) is 0 Å². The minimum Gasteiger partial charge on any atom is -0.380 e. The van der Waals surface area contributed by atoms with Crippen molar-refractivity contribution < 1.29 is 9.53 Å². The van der Waals surface area contributed by atoms with E-state index in [9.17, 15) is 4.79 Å². The molecule has 96 valence electrons. The number of carbonyl (C=O) groups is 1. The lowest BCUT2D eigenvalue weighted by atomic mass is 9.96. The van der Waals surface area contributed by atoms with Crippen LogP contribution in [0.25, 0.3) is 0 Å². The van der Waals surface area contributed by atoms with E-state index in [2.05, 4.69) is 4.90 Å². The molecule has 16 heavy (non-hydrogen) atoms. The Bertz CT molecular complexity index is 207. The van der Waals surface area contributed by atoms with Gasteiger partial charge in [0.15, 0.2) is 0 Å². The number of primary amides is 1. The highest BCUT2D eigenvalue weighted by molar-refractivity contribution is 5.83. The maximum atomic E-state index is 11.0. The number of carbonyl (C=O) groups excluding carboxylic acids is 1. The summed E-state index contributed by atoms with van der Waals surface area (Å²) in [5.41, 5.74) is 10.0. The molecule has 0 aliphatic rings. The summed E-state index contributed by atoms with van der Waals surface area (Å²) in [6.07, 6.45) is 1.47. The van der Waals surface area contributed by atoms with Crippen LogP contribution in [0, 0.1) is 0 Å². The van der Waals surface area contributed by atoms with Gasteiger partial charge in [0.05, 0.1) is 12.1 Å². The Labute approximate surface area is 98.1 Å². The zero-order valence-corrected chi connectivity index (χ0v) is 10.7. The van der Waals surface area contributed by atoms with Gasteiger partial charge >= 0.3 is 0 Å². The van der Waals surface area contributed by atoms with Crippen molar-refractivity contribution in [1.29, 1.82) is 0 Å². The minimum atomic E-state index is -0.888. The molecule has 1 atom stereocenters. The van der Waals surface area contributed by atoms with Gasteiger partial charge in [0.2, 0.25) is 5.91 Å². The summed E-state index contributed by atoms with van der Waals surface area (Å²) in [5, 5.41) is 0. The molecule has 1 amide bonds. The number of amides is 1. The van der Waals surface area contributed by atoms with Crippen LogP contribution in [-0.2, 0) is 9.53 Å². The molecule has 0 saturated carbocycles. The first-order valence-corrected chi connectivity index (χ1v) is 5.75. The van der Waals surface area contributed by atoms with Crippen LogP contribution in [0.1, 0.15) is 26.7 Å². The fourth-order valence-corrected chi connectivity index (χ4v) is 1.32. The maximum Gasteiger partial charge on any atom is 0.237 e. The number of likely N-dealkylation sites (N-methyl/N-ethyl adjacent to an activating group) is 1. The van der Waals surface area contributed by atoms with E-state index in [1.165, 1.54) is 0 Å². The second-order valence-electron chi connectivity index (χ2n) is 4.39. The van der Waals surface area contributed by atoms with Crippen LogP contribution >= 0.6 is 0 Å². The van der Waals surface area contributed by atoms with Gasteiger partial charge in [0, 0.05) is 13.2 Å². The summed E-state index contributed by atoms with van der Waals surface area (Å²) in [7, 11) is 2.02. The summed E-state index contributed by atoms with van der Waals surface area (Å²) in [6, 6.07) is 0. The Morgan fingerprint density at radius 1 is 1.44 bits per heavy atom. The van der Waals surface area contributed by atoms with Gasteiger partial charge in [-0.05, 0) is 40.3 Å². The molecule has 0 spiro atoms. The predicted molar refractivity (Wildman–Crippen MR) is 65.0 cm³/mol. The number of nitrogens with two attached hydrogens (primary N) is 2. The average Bonchev–Trinajstić information content (AvgIpc) is 2.17.